The third-order valence-corrected chi connectivity index (χ3v) is 5.70. The van der Waals surface area contributed by atoms with Crippen molar-refractivity contribution in [1.82, 2.24) is 10.9 Å². The smallest absolute Gasteiger partial charge is 0.240 e. The SMILES string of the molecule is CCCOc1ccc(Br)cc1/C=N\NC(=O)CCCCC(=O)N/N=C\c1cc(Br)ccc1OCCC. The molecule has 194 valence electrons. The van der Waals surface area contributed by atoms with Gasteiger partial charge in [0.1, 0.15) is 11.5 Å². The molecule has 0 heterocycles. The molecule has 2 rings (SSSR count). The summed E-state index contributed by atoms with van der Waals surface area (Å²) in [4.78, 5) is 24.1. The van der Waals surface area contributed by atoms with Gasteiger partial charge in [-0.05, 0) is 62.1 Å². The molecule has 8 nitrogen and oxygen atoms in total. The van der Waals surface area contributed by atoms with Gasteiger partial charge in [0.2, 0.25) is 11.8 Å². The number of hydrogen-bond acceptors (Lipinski definition) is 6. The molecular weight excluding hydrogens is 592 g/mol. The molecule has 2 aromatic rings. The standard InChI is InChI=1S/C26H32Br2N4O4/c1-3-13-35-23-11-9-21(27)15-19(23)17-29-31-25(33)7-5-6-8-26(34)32-30-18-20-16-22(28)10-12-24(20)36-14-4-2/h9-12,15-18H,3-8,13-14H2,1-2H3,(H,31,33)(H,32,34)/b29-17-,30-18-. The van der Waals surface area contributed by atoms with Gasteiger partial charge < -0.3 is 9.47 Å². The first-order chi connectivity index (χ1) is 17.4. The third kappa shape index (κ3) is 11.3. The van der Waals surface area contributed by atoms with Crippen molar-refractivity contribution in [3.05, 3.63) is 56.5 Å². The number of ether oxygens (including phenoxy) is 2. The van der Waals surface area contributed by atoms with Gasteiger partial charge in [-0.25, -0.2) is 10.9 Å². The highest BCUT2D eigenvalue weighted by atomic mass is 79.9. The van der Waals surface area contributed by atoms with Crippen LogP contribution < -0.4 is 20.3 Å². The molecule has 2 N–H and O–H groups in total. The fourth-order valence-electron chi connectivity index (χ4n) is 2.96. The van der Waals surface area contributed by atoms with Crippen LogP contribution in [0.15, 0.2) is 55.5 Å². The average Bonchev–Trinajstić information content (AvgIpc) is 2.85. The molecule has 0 atom stereocenters. The van der Waals surface area contributed by atoms with Gasteiger partial charge in [-0.2, -0.15) is 10.2 Å². The van der Waals surface area contributed by atoms with Crippen LogP contribution in [-0.2, 0) is 9.59 Å². The number of hydrogen-bond donors (Lipinski definition) is 2. The van der Waals surface area contributed by atoms with E-state index in [1.807, 2.05) is 50.2 Å². The van der Waals surface area contributed by atoms with Crippen molar-refractivity contribution in [2.24, 2.45) is 10.2 Å². The van der Waals surface area contributed by atoms with Crippen LogP contribution in [-0.4, -0.2) is 37.5 Å². The van der Waals surface area contributed by atoms with Gasteiger partial charge in [0, 0.05) is 32.9 Å². The fourth-order valence-corrected chi connectivity index (χ4v) is 3.72. The van der Waals surface area contributed by atoms with Crippen molar-refractivity contribution < 1.29 is 19.1 Å². The second-order valence-corrected chi connectivity index (χ2v) is 9.69. The molecule has 2 amide bonds. The largest absolute Gasteiger partial charge is 0.493 e. The molecule has 0 radical (unpaired) electrons. The number of benzene rings is 2. The van der Waals surface area contributed by atoms with Crippen LogP contribution in [0.1, 0.15) is 63.5 Å². The Balaban J connectivity index is 1.71. The number of nitrogens with zero attached hydrogens (tertiary/aromatic N) is 2. The second kappa shape index (κ2) is 16.9. The van der Waals surface area contributed by atoms with Gasteiger partial charge in [-0.1, -0.05) is 45.7 Å². The van der Waals surface area contributed by atoms with E-state index < -0.39 is 0 Å². The van der Waals surface area contributed by atoms with E-state index in [0.717, 1.165) is 32.9 Å². The van der Waals surface area contributed by atoms with Gasteiger partial charge in [0.25, 0.3) is 0 Å². The summed E-state index contributed by atoms with van der Waals surface area (Å²) in [5.74, 6) is 0.975. The monoisotopic (exact) mass is 622 g/mol. The minimum Gasteiger partial charge on any atom is -0.493 e. The van der Waals surface area contributed by atoms with E-state index in [1.54, 1.807) is 12.4 Å². The van der Waals surface area contributed by atoms with Crippen LogP contribution in [0.4, 0.5) is 0 Å². The summed E-state index contributed by atoms with van der Waals surface area (Å²) >= 11 is 6.86. The van der Waals surface area contributed by atoms with Gasteiger partial charge in [-0.3, -0.25) is 9.59 Å². The zero-order chi connectivity index (χ0) is 26.2. The predicted octanol–water partition coefficient (Wildman–Crippen LogP) is 5.95. The summed E-state index contributed by atoms with van der Waals surface area (Å²) in [6, 6.07) is 11.2. The topological polar surface area (TPSA) is 101 Å². The van der Waals surface area contributed by atoms with Crippen molar-refractivity contribution in [2.75, 3.05) is 13.2 Å². The third-order valence-electron chi connectivity index (χ3n) is 4.71. The molecule has 0 aliphatic heterocycles. The Kier molecular flexibility index (Phi) is 13.8. The summed E-state index contributed by atoms with van der Waals surface area (Å²) < 4.78 is 13.2. The van der Waals surface area contributed by atoms with Crippen LogP contribution in [0.2, 0.25) is 0 Å². The fraction of sp³-hybridized carbons (Fsp3) is 0.385. The highest BCUT2D eigenvalue weighted by Gasteiger charge is 2.06. The number of carbonyl (C=O) groups is 2. The van der Waals surface area contributed by atoms with Gasteiger partial charge in [-0.15, -0.1) is 0 Å². The summed E-state index contributed by atoms with van der Waals surface area (Å²) in [5, 5.41) is 8.06. The Bertz CT molecular complexity index is 977. The summed E-state index contributed by atoms with van der Waals surface area (Å²) in [7, 11) is 0. The average molecular weight is 624 g/mol. The lowest BCUT2D eigenvalue weighted by molar-refractivity contribution is -0.123. The quantitative estimate of drug-likeness (QED) is 0.145. The van der Waals surface area contributed by atoms with Crippen LogP contribution >= 0.6 is 31.9 Å². The Morgan fingerprint density at radius 3 is 1.58 bits per heavy atom. The van der Waals surface area contributed by atoms with Crippen LogP contribution in [0, 0.1) is 0 Å². The number of carbonyl (C=O) groups excluding carboxylic acids is 2. The van der Waals surface area contributed by atoms with E-state index in [4.69, 9.17) is 9.47 Å². The lowest BCUT2D eigenvalue weighted by Crippen LogP contribution is -2.19. The normalized spacial score (nSPS) is 11.1. The molecule has 2 aromatic carbocycles. The first-order valence-corrected chi connectivity index (χ1v) is 13.5. The van der Waals surface area contributed by atoms with E-state index in [2.05, 4.69) is 52.9 Å². The van der Waals surface area contributed by atoms with E-state index in [9.17, 15) is 9.59 Å². The van der Waals surface area contributed by atoms with Crippen LogP contribution in [0.5, 0.6) is 11.5 Å². The van der Waals surface area contributed by atoms with E-state index in [0.29, 0.717) is 37.6 Å². The highest BCUT2D eigenvalue weighted by molar-refractivity contribution is 9.10. The second-order valence-electron chi connectivity index (χ2n) is 7.85. The van der Waals surface area contributed by atoms with Crippen LogP contribution in [0.25, 0.3) is 0 Å². The zero-order valence-corrected chi connectivity index (χ0v) is 23.7. The maximum Gasteiger partial charge on any atom is 0.240 e. The Labute approximate surface area is 229 Å². The molecular formula is C26H32Br2N4O4. The predicted molar refractivity (Wildman–Crippen MR) is 150 cm³/mol. The van der Waals surface area contributed by atoms with Crippen molar-refractivity contribution in [3.8, 4) is 11.5 Å². The summed E-state index contributed by atoms with van der Waals surface area (Å²) in [6.45, 7) is 5.28. The summed E-state index contributed by atoms with van der Waals surface area (Å²) in [6.07, 6.45) is 6.55. The highest BCUT2D eigenvalue weighted by Crippen LogP contribution is 2.23. The number of unbranched alkanes of at least 4 members (excludes halogenated alkanes) is 1. The lowest BCUT2D eigenvalue weighted by atomic mass is 10.2. The van der Waals surface area contributed by atoms with Crippen molar-refractivity contribution in [1.29, 1.82) is 0 Å². The van der Waals surface area contributed by atoms with E-state index >= 15 is 0 Å². The molecule has 0 bridgehead atoms. The zero-order valence-electron chi connectivity index (χ0n) is 20.6. The number of amides is 2. The first-order valence-electron chi connectivity index (χ1n) is 11.9. The van der Waals surface area contributed by atoms with Crippen molar-refractivity contribution >= 4 is 56.1 Å². The minimum absolute atomic E-state index is 0.218. The molecule has 0 aliphatic rings. The maximum atomic E-state index is 12.1. The van der Waals surface area contributed by atoms with E-state index in [1.165, 1.54) is 0 Å². The molecule has 0 saturated heterocycles. The molecule has 0 fully saturated rings. The summed E-state index contributed by atoms with van der Waals surface area (Å²) in [5.41, 5.74) is 6.57. The van der Waals surface area contributed by atoms with Gasteiger partial charge in [0.15, 0.2) is 0 Å². The maximum absolute atomic E-state index is 12.1. The molecule has 36 heavy (non-hydrogen) atoms. The van der Waals surface area contributed by atoms with Gasteiger partial charge >= 0.3 is 0 Å². The first kappa shape index (κ1) is 29.5. The van der Waals surface area contributed by atoms with E-state index in [-0.39, 0.29) is 24.7 Å². The number of nitrogens with one attached hydrogen (secondary N) is 2. The molecule has 0 aliphatic carbocycles. The van der Waals surface area contributed by atoms with Gasteiger partial charge in [0.05, 0.1) is 25.6 Å². The Hall–Kier alpha value is -2.72. The molecule has 0 unspecified atom stereocenters. The van der Waals surface area contributed by atoms with Crippen molar-refractivity contribution in [2.45, 2.75) is 52.4 Å². The van der Waals surface area contributed by atoms with Crippen LogP contribution in [0.3, 0.4) is 0 Å². The lowest BCUT2D eigenvalue weighted by Gasteiger charge is -2.08. The Morgan fingerprint density at radius 1 is 0.778 bits per heavy atom. The minimum atomic E-state index is -0.218. The Morgan fingerprint density at radius 2 is 1.19 bits per heavy atom. The number of halogens is 2. The van der Waals surface area contributed by atoms with Crippen molar-refractivity contribution in [3.63, 3.8) is 0 Å². The molecule has 0 saturated carbocycles. The number of hydrazone groups is 2. The molecule has 10 heteroatoms. The molecule has 0 spiro atoms. The molecule has 0 aromatic heterocycles. The number of rotatable bonds is 15.